The number of aliphatic hydroxyl groups excluding tert-OH is 1. The number of nitrogens with zero attached hydrogens (tertiary/aromatic N) is 4. The van der Waals surface area contributed by atoms with Crippen LogP contribution in [-0.4, -0.2) is 68.6 Å². The number of carbonyl (C=O) groups is 1. The van der Waals surface area contributed by atoms with Gasteiger partial charge in [0.2, 0.25) is 5.91 Å². The summed E-state index contributed by atoms with van der Waals surface area (Å²) in [5, 5.41) is 20.6. The second-order valence-corrected chi connectivity index (χ2v) is 12.1. The lowest BCUT2D eigenvalue weighted by Crippen LogP contribution is -2.56. The fourth-order valence-corrected chi connectivity index (χ4v) is 6.63. The van der Waals surface area contributed by atoms with Crippen molar-refractivity contribution < 1.29 is 14.6 Å². The second-order valence-electron chi connectivity index (χ2n) is 11.7. The monoisotopic (exact) mass is 537 g/mol. The summed E-state index contributed by atoms with van der Waals surface area (Å²) in [7, 11) is 0. The molecular formula is C29H36ClN5O3. The summed E-state index contributed by atoms with van der Waals surface area (Å²) in [6, 6.07) is 8.38. The number of pyridine rings is 1. The first-order valence-corrected chi connectivity index (χ1v) is 14.1. The zero-order valence-electron chi connectivity index (χ0n) is 22.2. The van der Waals surface area contributed by atoms with Gasteiger partial charge in [-0.3, -0.25) is 14.4 Å². The van der Waals surface area contributed by atoms with E-state index in [0.717, 1.165) is 59.4 Å². The summed E-state index contributed by atoms with van der Waals surface area (Å²) in [5.74, 6) is 1.06. The third-order valence-corrected chi connectivity index (χ3v) is 9.16. The summed E-state index contributed by atoms with van der Waals surface area (Å²) in [4.78, 5) is 19.9. The minimum atomic E-state index is -0.451. The van der Waals surface area contributed by atoms with Gasteiger partial charge in [-0.05, 0) is 94.3 Å². The van der Waals surface area contributed by atoms with E-state index in [2.05, 4.69) is 47.1 Å². The van der Waals surface area contributed by atoms with Gasteiger partial charge in [0.15, 0.2) is 0 Å². The van der Waals surface area contributed by atoms with Crippen molar-refractivity contribution in [3.63, 3.8) is 0 Å². The van der Waals surface area contributed by atoms with Crippen LogP contribution in [0.15, 0.2) is 36.7 Å². The van der Waals surface area contributed by atoms with Crippen molar-refractivity contribution in [3.8, 4) is 0 Å². The quantitative estimate of drug-likeness (QED) is 0.472. The summed E-state index contributed by atoms with van der Waals surface area (Å²) in [6.45, 7) is 9.07. The number of rotatable bonds is 6. The Morgan fingerprint density at radius 1 is 1.24 bits per heavy atom. The number of amides is 1. The Labute approximate surface area is 228 Å². The number of nitrogens with one attached hydrogen (secondary N) is 1. The van der Waals surface area contributed by atoms with Gasteiger partial charge in [0.05, 0.1) is 24.9 Å². The highest BCUT2D eigenvalue weighted by Crippen LogP contribution is 2.48. The highest BCUT2D eigenvalue weighted by atomic mass is 35.5. The van der Waals surface area contributed by atoms with Gasteiger partial charge >= 0.3 is 0 Å². The summed E-state index contributed by atoms with van der Waals surface area (Å²) in [5.41, 5.74) is 1.95. The smallest absolute Gasteiger partial charge is 0.229 e. The zero-order chi connectivity index (χ0) is 26.6. The van der Waals surface area contributed by atoms with Gasteiger partial charge in [-0.25, -0.2) is 4.98 Å². The van der Waals surface area contributed by atoms with Crippen molar-refractivity contribution >= 4 is 34.1 Å². The molecule has 4 heterocycles. The van der Waals surface area contributed by atoms with E-state index < -0.39 is 6.10 Å². The molecule has 1 amide bonds. The molecular weight excluding hydrogens is 502 g/mol. The fraction of sp³-hybridized carbons (Fsp3) is 0.552. The molecule has 0 radical (unpaired) electrons. The molecule has 202 valence electrons. The number of piperidine rings is 1. The molecule has 0 bridgehead atoms. The van der Waals surface area contributed by atoms with E-state index in [9.17, 15) is 9.90 Å². The van der Waals surface area contributed by atoms with E-state index in [1.54, 1.807) is 6.20 Å². The van der Waals surface area contributed by atoms with Crippen molar-refractivity contribution in [2.75, 3.05) is 31.6 Å². The van der Waals surface area contributed by atoms with E-state index in [1.165, 1.54) is 0 Å². The van der Waals surface area contributed by atoms with E-state index in [4.69, 9.17) is 16.3 Å². The highest BCUT2D eigenvalue weighted by Gasteiger charge is 2.46. The Hall–Kier alpha value is -2.52. The molecule has 3 fully saturated rings. The van der Waals surface area contributed by atoms with Crippen molar-refractivity contribution in [3.05, 3.63) is 52.9 Å². The number of carbonyl (C=O) groups excluding carboxylic acids is 1. The molecule has 6 rings (SSSR count). The van der Waals surface area contributed by atoms with Gasteiger partial charge in [-0.15, -0.1) is 0 Å². The molecule has 0 spiro atoms. The largest absolute Gasteiger partial charge is 0.389 e. The van der Waals surface area contributed by atoms with Crippen molar-refractivity contribution in [1.82, 2.24) is 19.7 Å². The first kappa shape index (κ1) is 25.7. The maximum Gasteiger partial charge on any atom is 0.229 e. The number of ether oxygens (including phenoxy) is 1. The predicted molar refractivity (Wildman–Crippen MR) is 148 cm³/mol. The molecule has 38 heavy (non-hydrogen) atoms. The zero-order valence-corrected chi connectivity index (χ0v) is 23.0. The Kier molecular flexibility index (Phi) is 6.71. The fourth-order valence-electron chi connectivity index (χ4n) is 6.30. The number of halogens is 1. The molecule has 2 saturated heterocycles. The summed E-state index contributed by atoms with van der Waals surface area (Å²) >= 11 is 6.75. The molecule has 3 aliphatic rings. The maximum atomic E-state index is 13.0. The van der Waals surface area contributed by atoms with Crippen molar-refractivity contribution in [2.24, 2.45) is 5.92 Å². The first-order valence-electron chi connectivity index (χ1n) is 13.7. The van der Waals surface area contributed by atoms with E-state index >= 15 is 0 Å². The lowest BCUT2D eigenvalue weighted by Gasteiger charge is -2.43. The van der Waals surface area contributed by atoms with Crippen LogP contribution in [0.2, 0.25) is 5.02 Å². The molecule has 1 aromatic carbocycles. The molecule has 2 aromatic heterocycles. The Morgan fingerprint density at radius 3 is 2.74 bits per heavy atom. The SMILES string of the molecule is CC(C)n1nccc1C1CC1C(=O)Nc1cc2cc(C3CCN([C@@]4(C)COC[C@H]4O)CC3)c(Cl)cc2cn1. The number of hydrogen-bond donors (Lipinski definition) is 2. The Balaban J connectivity index is 1.14. The highest BCUT2D eigenvalue weighted by molar-refractivity contribution is 6.32. The number of anilines is 1. The molecule has 8 nitrogen and oxygen atoms in total. The normalized spacial score (nSPS) is 28.3. The van der Waals surface area contributed by atoms with Gasteiger partial charge in [-0.2, -0.15) is 5.10 Å². The van der Waals surface area contributed by atoms with Crippen molar-refractivity contribution in [2.45, 2.75) is 69.6 Å². The molecule has 2 aliphatic heterocycles. The van der Waals surface area contributed by atoms with Gasteiger partial charge in [0, 0.05) is 46.4 Å². The lowest BCUT2D eigenvalue weighted by atomic mass is 9.85. The van der Waals surface area contributed by atoms with Crippen molar-refractivity contribution in [1.29, 1.82) is 0 Å². The van der Waals surface area contributed by atoms with Crippen LogP contribution >= 0.6 is 11.6 Å². The van der Waals surface area contributed by atoms with Crippen LogP contribution in [0.1, 0.15) is 69.2 Å². The molecule has 2 N–H and O–H groups in total. The van der Waals surface area contributed by atoms with Crippen LogP contribution < -0.4 is 5.32 Å². The first-order chi connectivity index (χ1) is 18.2. The number of likely N-dealkylation sites (tertiary alicyclic amines) is 1. The van der Waals surface area contributed by atoms with Crippen LogP contribution in [-0.2, 0) is 9.53 Å². The molecule has 2 unspecified atom stereocenters. The number of aromatic nitrogens is 3. The minimum Gasteiger partial charge on any atom is -0.389 e. The molecule has 4 atom stereocenters. The maximum absolute atomic E-state index is 13.0. The number of hydrogen-bond acceptors (Lipinski definition) is 6. The summed E-state index contributed by atoms with van der Waals surface area (Å²) in [6.07, 6.45) is 5.92. The van der Waals surface area contributed by atoms with Gasteiger partial charge in [0.25, 0.3) is 0 Å². The van der Waals surface area contributed by atoms with Crippen LogP contribution in [0.3, 0.4) is 0 Å². The lowest BCUT2D eigenvalue weighted by molar-refractivity contribution is -0.117. The standard InChI is InChI=1S/C29H36ClN5O3/c1-17(2)35-25(4-7-32-35)22-13-23(22)28(37)33-27-12-19-10-21(24(30)11-20(19)14-31-27)18-5-8-34(9-6-18)29(3)16-38-15-26(29)36/h4,7,10-12,14,17-18,22-23,26,36H,5-6,8-9,13,15-16H2,1-3H3,(H,31,33,37)/t22?,23?,26-,29+/m1/s1. The van der Waals surface area contributed by atoms with E-state index in [0.29, 0.717) is 24.9 Å². The molecule has 9 heteroatoms. The number of fused-ring (bicyclic) bond motifs is 1. The molecule has 3 aromatic rings. The van der Waals surface area contributed by atoms with Gasteiger partial charge < -0.3 is 15.2 Å². The Bertz CT molecular complexity index is 1350. The molecule has 1 aliphatic carbocycles. The average Bonchev–Trinajstić information content (AvgIpc) is 3.40. The number of aliphatic hydroxyl groups is 1. The van der Waals surface area contributed by atoms with Gasteiger partial charge in [0.1, 0.15) is 5.82 Å². The topological polar surface area (TPSA) is 92.5 Å². The van der Waals surface area contributed by atoms with E-state index in [1.807, 2.05) is 29.1 Å². The third-order valence-electron chi connectivity index (χ3n) is 8.83. The summed E-state index contributed by atoms with van der Waals surface area (Å²) < 4.78 is 7.55. The predicted octanol–water partition coefficient (Wildman–Crippen LogP) is 4.74. The average molecular weight is 538 g/mol. The Morgan fingerprint density at radius 2 is 2.03 bits per heavy atom. The van der Waals surface area contributed by atoms with Crippen LogP contribution in [0.25, 0.3) is 10.8 Å². The van der Waals surface area contributed by atoms with Crippen LogP contribution in [0.5, 0.6) is 0 Å². The van der Waals surface area contributed by atoms with Gasteiger partial charge in [-0.1, -0.05) is 11.6 Å². The van der Waals surface area contributed by atoms with Crippen LogP contribution in [0.4, 0.5) is 5.82 Å². The second kappa shape index (κ2) is 9.90. The van der Waals surface area contributed by atoms with E-state index in [-0.39, 0.29) is 29.3 Å². The van der Waals surface area contributed by atoms with Crippen LogP contribution in [0, 0.1) is 5.92 Å². The minimum absolute atomic E-state index is 0.00601. The third kappa shape index (κ3) is 4.62. The molecule has 1 saturated carbocycles. The number of benzene rings is 1.